The van der Waals surface area contributed by atoms with Gasteiger partial charge in [0.15, 0.2) is 5.82 Å². The highest BCUT2D eigenvalue weighted by Crippen LogP contribution is 2.22. The molecule has 1 aromatic heterocycles. The third kappa shape index (κ3) is 4.19. The van der Waals surface area contributed by atoms with Crippen LogP contribution in [0, 0.1) is 10.1 Å². The summed E-state index contributed by atoms with van der Waals surface area (Å²) < 4.78 is 1.58. The van der Waals surface area contributed by atoms with E-state index < -0.39 is 10.8 Å². The molecule has 0 aliphatic carbocycles. The van der Waals surface area contributed by atoms with Gasteiger partial charge in [-0.1, -0.05) is 41.4 Å². The number of carbonyl (C=O) groups excluding carboxylic acids is 1. The third-order valence-corrected chi connectivity index (χ3v) is 4.05. The number of benzene rings is 2. The molecule has 3 rings (SSSR count). The minimum absolute atomic E-state index is 0.141. The zero-order valence-corrected chi connectivity index (χ0v) is 14.7. The second-order valence-corrected chi connectivity index (χ2v) is 6.25. The number of rotatable bonds is 5. The predicted molar refractivity (Wildman–Crippen MR) is 98.8 cm³/mol. The lowest BCUT2D eigenvalue weighted by Crippen LogP contribution is -2.13. The highest BCUT2D eigenvalue weighted by molar-refractivity contribution is 6.33. The molecular formula is C17H12Cl2N4O3. The fourth-order valence-electron chi connectivity index (χ4n) is 2.28. The molecule has 0 fully saturated rings. The summed E-state index contributed by atoms with van der Waals surface area (Å²) in [5.74, 6) is -0.357. The van der Waals surface area contributed by atoms with Crippen LogP contribution in [0.25, 0.3) is 0 Å². The Labute approximate surface area is 158 Å². The molecule has 26 heavy (non-hydrogen) atoms. The molecule has 0 unspecified atom stereocenters. The first-order valence-corrected chi connectivity index (χ1v) is 8.21. The molecule has 3 aromatic rings. The topological polar surface area (TPSA) is 90.1 Å². The average Bonchev–Trinajstić information content (AvgIpc) is 2.96. The highest BCUT2D eigenvalue weighted by atomic mass is 35.5. The van der Waals surface area contributed by atoms with Crippen molar-refractivity contribution < 1.29 is 9.72 Å². The molecule has 1 amide bonds. The van der Waals surface area contributed by atoms with Crippen molar-refractivity contribution in [1.29, 1.82) is 0 Å². The van der Waals surface area contributed by atoms with Crippen LogP contribution in [-0.4, -0.2) is 20.6 Å². The van der Waals surface area contributed by atoms with E-state index in [0.717, 1.165) is 5.56 Å². The third-order valence-electron chi connectivity index (χ3n) is 3.53. The summed E-state index contributed by atoms with van der Waals surface area (Å²) in [5, 5.41) is 18.5. The smallest absolute Gasteiger partial charge is 0.270 e. The van der Waals surface area contributed by atoms with Crippen LogP contribution in [0.15, 0.2) is 54.7 Å². The number of nitro groups is 1. The van der Waals surface area contributed by atoms with Crippen LogP contribution in [0.4, 0.5) is 11.5 Å². The van der Waals surface area contributed by atoms with Crippen LogP contribution in [0.3, 0.4) is 0 Å². The van der Waals surface area contributed by atoms with Crippen molar-refractivity contribution >= 4 is 40.6 Å². The Morgan fingerprint density at radius 1 is 1.19 bits per heavy atom. The number of hydrogen-bond donors (Lipinski definition) is 1. The van der Waals surface area contributed by atoms with E-state index in [-0.39, 0.29) is 22.1 Å². The summed E-state index contributed by atoms with van der Waals surface area (Å²) in [6.07, 6.45) is 1.58. The van der Waals surface area contributed by atoms with E-state index in [4.69, 9.17) is 23.2 Å². The Morgan fingerprint density at radius 2 is 1.92 bits per heavy atom. The molecule has 0 atom stereocenters. The van der Waals surface area contributed by atoms with E-state index in [1.165, 1.54) is 24.3 Å². The predicted octanol–water partition coefficient (Wildman–Crippen LogP) is 4.40. The van der Waals surface area contributed by atoms with E-state index in [1.54, 1.807) is 23.0 Å². The SMILES string of the molecule is O=C(Nc1nn(Cc2ccc(Cl)cc2)cc1Cl)c1cccc([N+](=O)[O-])c1. The summed E-state index contributed by atoms with van der Waals surface area (Å²) in [4.78, 5) is 22.5. The zero-order chi connectivity index (χ0) is 18.7. The summed E-state index contributed by atoms with van der Waals surface area (Å²) in [5.41, 5.74) is 0.935. The number of amides is 1. The maximum atomic E-state index is 12.3. The van der Waals surface area contributed by atoms with Crippen molar-refractivity contribution in [2.75, 3.05) is 5.32 Å². The van der Waals surface area contributed by atoms with Gasteiger partial charge in [0.05, 0.1) is 11.5 Å². The Morgan fingerprint density at radius 3 is 2.62 bits per heavy atom. The van der Waals surface area contributed by atoms with Crippen molar-refractivity contribution in [3.63, 3.8) is 0 Å². The van der Waals surface area contributed by atoms with E-state index >= 15 is 0 Å². The molecule has 7 nitrogen and oxygen atoms in total. The number of anilines is 1. The molecule has 0 aliphatic heterocycles. The van der Waals surface area contributed by atoms with Crippen molar-refractivity contribution in [3.8, 4) is 0 Å². The van der Waals surface area contributed by atoms with Gasteiger partial charge in [0.1, 0.15) is 5.02 Å². The molecule has 1 N–H and O–H groups in total. The lowest BCUT2D eigenvalue weighted by atomic mass is 10.2. The number of nitro benzene ring substituents is 1. The lowest BCUT2D eigenvalue weighted by molar-refractivity contribution is -0.384. The van der Waals surface area contributed by atoms with E-state index in [0.29, 0.717) is 11.6 Å². The fourth-order valence-corrected chi connectivity index (χ4v) is 2.60. The molecule has 0 bridgehead atoms. The van der Waals surface area contributed by atoms with Gasteiger partial charge in [-0.2, -0.15) is 5.10 Å². The number of nitrogens with one attached hydrogen (secondary N) is 1. The van der Waals surface area contributed by atoms with Crippen molar-refractivity contribution in [2.24, 2.45) is 0 Å². The first-order chi connectivity index (χ1) is 12.4. The number of carbonyl (C=O) groups is 1. The molecule has 0 saturated heterocycles. The summed E-state index contributed by atoms with van der Waals surface area (Å²) >= 11 is 12.0. The molecule has 9 heteroatoms. The van der Waals surface area contributed by atoms with Gasteiger partial charge >= 0.3 is 0 Å². The molecular weight excluding hydrogens is 379 g/mol. The van der Waals surface area contributed by atoms with Crippen molar-refractivity contribution in [2.45, 2.75) is 6.54 Å². The minimum Gasteiger partial charge on any atom is -0.304 e. The van der Waals surface area contributed by atoms with E-state index in [9.17, 15) is 14.9 Å². The van der Waals surface area contributed by atoms with Crippen LogP contribution >= 0.6 is 23.2 Å². The zero-order valence-electron chi connectivity index (χ0n) is 13.2. The van der Waals surface area contributed by atoms with E-state index in [2.05, 4.69) is 10.4 Å². The molecule has 132 valence electrons. The van der Waals surface area contributed by atoms with E-state index in [1.807, 2.05) is 12.1 Å². The standard InChI is InChI=1S/C17H12Cl2N4O3/c18-13-6-4-11(5-7-13)9-22-10-15(19)16(21-22)20-17(24)12-2-1-3-14(8-12)23(25)26/h1-8,10H,9H2,(H,20,21,24). The van der Waals surface area contributed by atoms with Gasteiger partial charge in [0.25, 0.3) is 11.6 Å². The van der Waals surface area contributed by atoms with Crippen molar-refractivity contribution in [1.82, 2.24) is 9.78 Å². The van der Waals surface area contributed by atoms with Gasteiger partial charge in [-0.15, -0.1) is 0 Å². The Bertz CT molecular complexity index is 970. The molecule has 0 saturated carbocycles. The van der Waals surface area contributed by atoms with Crippen LogP contribution < -0.4 is 5.32 Å². The monoisotopic (exact) mass is 390 g/mol. The normalized spacial score (nSPS) is 10.5. The van der Waals surface area contributed by atoms with Gasteiger partial charge in [0, 0.05) is 28.9 Å². The van der Waals surface area contributed by atoms with Crippen LogP contribution in [-0.2, 0) is 6.54 Å². The first kappa shape index (κ1) is 17.9. The summed E-state index contributed by atoms with van der Waals surface area (Å²) in [6.45, 7) is 0.448. The fraction of sp³-hybridized carbons (Fsp3) is 0.0588. The van der Waals surface area contributed by atoms with Gasteiger partial charge in [-0.25, -0.2) is 0 Å². The first-order valence-electron chi connectivity index (χ1n) is 7.45. The highest BCUT2D eigenvalue weighted by Gasteiger charge is 2.15. The quantitative estimate of drug-likeness (QED) is 0.516. The number of aromatic nitrogens is 2. The van der Waals surface area contributed by atoms with Gasteiger partial charge < -0.3 is 5.32 Å². The molecule has 0 aliphatic rings. The van der Waals surface area contributed by atoms with Crippen LogP contribution in [0.1, 0.15) is 15.9 Å². The number of halogens is 2. The lowest BCUT2D eigenvalue weighted by Gasteiger charge is -2.03. The van der Waals surface area contributed by atoms with Gasteiger partial charge in [-0.3, -0.25) is 19.6 Å². The Balaban J connectivity index is 1.75. The maximum absolute atomic E-state index is 12.3. The summed E-state index contributed by atoms with van der Waals surface area (Å²) in [7, 11) is 0. The maximum Gasteiger partial charge on any atom is 0.270 e. The van der Waals surface area contributed by atoms with Crippen LogP contribution in [0.2, 0.25) is 10.0 Å². The number of non-ortho nitro benzene ring substituents is 1. The second-order valence-electron chi connectivity index (χ2n) is 5.41. The van der Waals surface area contributed by atoms with Gasteiger partial charge in [0.2, 0.25) is 0 Å². The Kier molecular flexibility index (Phi) is 5.20. The number of hydrogen-bond acceptors (Lipinski definition) is 4. The van der Waals surface area contributed by atoms with Gasteiger partial charge in [-0.05, 0) is 23.8 Å². The second kappa shape index (κ2) is 7.55. The average molecular weight is 391 g/mol. The molecule has 0 radical (unpaired) electrons. The Hall–Kier alpha value is -2.90. The van der Waals surface area contributed by atoms with Crippen molar-refractivity contribution in [3.05, 3.63) is 86.0 Å². The molecule has 0 spiro atoms. The summed E-state index contributed by atoms with van der Waals surface area (Å²) in [6, 6.07) is 12.7. The van der Waals surface area contributed by atoms with Crippen LogP contribution in [0.5, 0.6) is 0 Å². The number of nitrogens with zero attached hydrogens (tertiary/aromatic N) is 3. The molecule has 1 heterocycles. The minimum atomic E-state index is -0.565. The molecule has 2 aromatic carbocycles. The largest absolute Gasteiger partial charge is 0.304 e.